The molecule has 7 heteroatoms. The molecule has 0 aliphatic rings. The van der Waals surface area contributed by atoms with Crippen LogP contribution >= 0.6 is 0 Å². The van der Waals surface area contributed by atoms with Crippen molar-refractivity contribution in [3.05, 3.63) is 69.8 Å². The fourth-order valence-electron chi connectivity index (χ4n) is 3.11. The van der Waals surface area contributed by atoms with Crippen molar-refractivity contribution in [2.45, 2.75) is 34.2 Å². The van der Waals surface area contributed by atoms with Gasteiger partial charge in [0.25, 0.3) is 11.5 Å². The lowest BCUT2D eigenvalue weighted by Crippen LogP contribution is -2.29. The molecule has 0 aliphatic heterocycles. The van der Waals surface area contributed by atoms with Crippen LogP contribution in [0, 0.1) is 19.8 Å². The van der Waals surface area contributed by atoms with Gasteiger partial charge in [0, 0.05) is 17.8 Å². The van der Waals surface area contributed by atoms with Crippen molar-refractivity contribution in [2.75, 3.05) is 11.9 Å². The molecule has 30 heavy (non-hydrogen) atoms. The summed E-state index contributed by atoms with van der Waals surface area (Å²) in [6, 6.07) is 10.5. The molecule has 1 aromatic heterocycles. The number of aryl methyl sites for hydroxylation is 2. The van der Waals surface area contributed by atoms with Crippen molar-refractivity contribution in [2.24, 2.45) is 5.92 Å². The molecule has 3 rings (SSSR count). The maximum atomic E-state index is 12.8. The van der Waals surface area contributed by atoms with E-state index >= 15 is 0 Å². The second-order valence-corrected chi connectivity index (χ2v) is 7.88. The average Bonchev–Trinajstić information content (AvgIpc) is 2.70. The Balaban J connectivity index is 1.78. The number of aromatic nitrogens is 2. The van der Waals surface area contributed by atoms with Gasteiger partial charge in [-0.1, -0.05) is 31.5 Å². The van der Waals surface area contributed by atoms with Crippen molar-refractivity contribution in [1.29, 1.82) is 0 Å². The fourth-order valence-corrected chi connectivity index (χ4v) is 3.11. The molecular weight excluding hydrogens is 380 g/mol. The molecule has 0 fully saturated rings. The Hall–Kier alpha value is -3.48. The maximum absolute atomic E-state index is 12.8. The number of nitrogens with one attached hydrogen (secondary N) is 2. The lowest BCUT2D eigenvalue weighted by molar-refractivity contribution is -0.116. The predicted molar refractivity (Wildman–Crippen MR) is 118 cm³/mol. The van der Waals surface area contributed by atoms with E-state index < -0.39 is 0 Å². The summed E-state index contributed by atoms with van der Waals surface area (Å²) >= 11 is 0. The van der Waals surface area contributed by atoms with Gasteiger partial charge in [0.05, 0.1) is 17.2 Å². The number of hydrogen-bond acceptors (Lipinski definition) is 4. The van der Waals surface area contributed by atoms with E-state index in [1.54, 1.807) is 18.2 Å². The van der Waals surface area contributed by atoms with Crippen LogP contribution in [0.5, 0.6) is 0 Å². The van der Waals surface area contributed by atoms with Gasteiger partial charge in [-0.25, -0.2) is 4.98 Å². The van der Waals surface area contributed by atoms with Crippen molar-refractivity contribution >= 4 is 28.4 Å². The van der Waals surface area contributed by atoms with Gasteiger partial charge in [-0.15, -0.1) is 0 Å². The lowest BCUT2D eigenvalue weighted by Gasteiger charge is -2.11. The third-order valence-corrected chi connectivity index (χ3v) is 4.73. The van der Waals surface area contributed by atoms with Crippen LogP contribution in [0.15, 0.2) is 47.5 Å². The van der Waals surface area contributed by atoms with Crippen molar-refractivity contribution in [3.63, 3.8) is 0 Å². The number of rotatable bonds is 6. The molecule has 156 valence electrons. The normalized spacial score (nSPS) is 11.0. The molecule has 2 N–H and O–H groups in total. The fraction of sp³-hybridized carbons (Fsp3) is 0.304. The number of hydrogen-bond donors (Lipinski definition) is 2. The third-order valence-electron chi connectivity index (χ3n) is 4.73. The highest BCUT2D eigenvalue weighted by Gasteiger charge is 2.12. The van der Waals surface area contributed by atoms with Crippen molar-refractivity contribution in [1.82, 2.24) is 14.9 Å². The van der Waals surface area contributed by atoms with Gasteiger partial charge in [0.2, 0.25) is 5.91 Å². The summed E-state index contributed by atoms with van der Waals surface area (Å²) in [7, 11) is 0. The van der Waals surface area contributed by atoms with Gasteiger partial charge < -0.3 is 10.6 Å². The number of fused-ring (bicyclic) bond motifs is 1. The third kappa shape index (κ3) is 4.92. The first-order chi connectivity index (χ1) is 14.2. The van der Waals surface area contributed by atoms with Crippen LogP contribution in [0.2, 0.25) is 0 Å². The summed E-state index contributed by atoms with van der Waals surface area (Å²) in [5, 5.41) is 6.03. The monoisotopic (exact) mass is 406 g/mol. The highest BCUT2D eigenvalue weighted by molar-refractivity contribution is 5.97. The van der Waals surface area contributed by atoms with Gasteiger partial charge in [0.1, 0.15) is 6.54 Å². The summed E-state index contributed by atoms with van der Waals surface area (Å²) < 4.78 is 1.26. The first-order valence-electron chi connectivity index (χ1n) is 9.89. The van der Waals surface area contributed by atoms with Crippen LogP contribution in [0.3, 0.4) is 0 Å². The Labute approximate surface area is 175 Å². The standard InChI is InChI=1S/C23H26N4O3/c1-14(2)11-24-22(29)17-6-7-18-20(10-17)25-13-27(23(18)30)12-21(28)26-19-8-5-15(3)9-16(19)4/h5-10,13-14H,11-12H2,1-4H3,(H,24,29)(H,26,28). The summed E-state index contributed by atoms with van der Waals surface area (Å²) in [5.74, 6) is -0.172. The average molecular weight is 406 g/mol. The van der Waals surface area contributed by atoms with Crippen LogP contribution in [0.1, 0.15) is 35.3 Å². The molecular formula is C23H26N4O3. The van der Waals surface area contributed by atoms with E-state index in [9.17, 15) is 14.4 Å². The molecule has 0 radical (unpaired) electrons. The molecule has 7 nitrogen and oxygen atoms in total. The first kappa shape index (κ1) is 21.2. The smallest absolute Gasteiger partial charge is 0.261 e. The van der Waals surface area contributed by atoms with E-state index in [4.69, 9.17) is 0 Å². The summed E-state index contributed by atoms with van der Waals surface area (Å²) in [6.45, 7) is 8.36. The van der Waals surface area contributed by atoms with Crippen LogP contribution in [0.25, 0.3) is 10.9 Å². The van der Waals surface area contributed by atoms with Crippen LogP contribution in [-0.4, -0.2) is 27.9 Å². The summed E-state index contributed by atoms with van der Waals surface area (Å²) in [5.41, 5.74) is 3.31. The molecule has 3 aromatic rings. The van der Waals surface area contributed by atoms with Gasteiger partial charge in [0.15, 0.2) is 0 Å². The molecule has 0 atom stereocenters. The van der Waals surface area contributed by atoms with Crippen LogP contribution < -0.4 is 16.2 Å². The lowest BCUT2D eigenvalue weighted by atomic mass is 10.1. The minimum atomic E-state index is -0.329. The Bertz CT molecular complexity index is 1160. The highest BCUT2D eigenvalue weighted by atomic mass is 16.2. The van der Waals surface area contributed by atoms with E-state index in [0.717, 1.165) is 11.1 Å². The van der Waals surface area contributed by atoms with Gasteiger partial charge >= 0.3 is 0 Å². The number of anilines is 1. The molecule has 0 saturated heterocycles. The first-order valence-corrected chi connectivity index (χ1v) is 9.89. The molecule has 0 bridgehead atoms. The van der Waals surface area contributed by atoms with Gasteiger partial charge in [-0.3, -0.25) is 19.0 Å². The zero-order chi connectivity index (χ0) is 21.8. The van der Waals surface area contributed by atoms with E-state index in [1.165, 1.54) is 10.9 Å². The largest absolute Gasteiger partial charge is 0.352 e. The van der Waals surface area contributed by atoms with E-state index in [0.29, 0.717) is 34.6 Å². The second kappa shape index (κ2) is 8.90. The number of nitrogens with zero attached hydrogens (tertiary/aromatic N) is 2. The SMILES string of the molecule is Cc1ccc(NC(=O)Cn2cnc3cc(C(=O)NCC(C)C)ccc3c2=O)c(C)c1. The minimum absolute atomic E-state index is 0.147. The number of carbonyl (C=O) groups excluding carboxylic acids is 2. The molecule has 2 amide bonds. The minimum Gasteiger partial charge on any atom is -0.352 e. The number of benzene rings is 2. The van der Waals surface area contributed by atoms with Crippen LogP contribution in [0.4, 0.5) is 5.69 Å². The van der Waals surface area contributed by atoms with Crippen molar-refractivity contribution in [3.8, 4) is 0 Å². The molecule has 0 saturated carbocycles. The summed E-state index contributed by atoms with van der Waals surface area (Å²) in [4.78, 5) is 41.7. The highest BCUT2D eigenvalue weighted by Crippen LogP contribution is 2.16. The van der Waals surface area contributed by atoms with Gasteiger partial charge in [-0.2, -0.15) is 0 Å². The maximum Gasteiger partial charge on any atom is 0.261 e. The van der Waals surface area contributed by atoms with Crippen LogP contribution in [-0.2, 0) is 11.3 Å². The molecule has 1 heterocycles. The predicted octanol–water partition coefficient (Wildman–Crippen LogP) is 3.04. The quantitative estimate of drug-likeness (QED) is 0.658. The zero-order valence-corrected chi connectivity index (χ0v) is 17.7. The Morgan fingerprint density at radius 2 is 1.87 bits per heavy atom. The van der Waals surface area contributed by atoms with Gasteiger partial charge in [-0.05, 0) is 49.6 Å². The number of amides is 2. The summed E-state index contributed by atoms with van der Waals surface area (Å²) in [6.07, 6.45) is 1.34. The Kier molecular flexibility index (Phi) is 6.30. The molecule has 0 aliphatic carbocycles. The van der Waals surface area contributed by atoms with Crippen molar-refractivity contribution < 1.29 is 9.59 Å². The molecule has 2 aromatic carbocycles. The van der Waals surface area contributed by atoms with E-state index in [1.807, 2.05) is 45.9 Å². The Morgan fingerprint density at radius 3 is 2.57 bits per heavy atom. The molecule has 0 spiro atoms. The van der Waals surface area contributed by atoms with E-state index in [-0.39, 0.29) is 23.9 Å². The molecule has 0 unspecified atom stereocenters. The zero-order valence-electron chi connectivity index (χ0n) is 17.7. The topological polar surface area (TPSA) is 93.1 Å². The number of carbonyl (C=O) groups is 2. The second-order valence-electron chi connectivity index (χ2n) is 7.88. The Morgan fingerprint density at radius 1 is 1.10 bits per heavy atom. The van der Waals surface area contributed by atoms with E-state index in [2.05, 4.69) is 15.6 Å².